The molecular weight excluding hydrogens is 210 g/mol. The number of nitrogens with one attached hydrogen (secondary N) is 1. The molecule has 0 unspecified atom stereocenters. The highest BCUT2D eigenvalue weighted by molar-refractivity contribution is 7.98. The Morgan fingerprint density at radius 3 is 2.93 bits per heavy atom. The summed E-state index contributed by atoms with van der Waals surface area (Å²) < 4.78 is 5.61. The van der Waals surface area contributed by atoms with Crippen LogP contribution in [0.2, 0.25) is 0 Å². The zero-order valence-electron chi connectivity index (χ0n) is 9.16. The van der Waals surface area contributed by atoms with Crippen molar-refractivity contribution in [1.82, 2.24) is 5.32 Å². The molecule has 0 bridgehead atoms. The highest BCUT2D eigenvalue weighted by Gasteiger charge is 2.01. The fourth-order valence-corrected chi connectivity index (χ4v) is 1.85. The summed E-state index contributed by atoms with van der Waals surface area (Å²) in [7, 11) is 0. The number of aliphatic hydroxyl groups is 1. The molecule has 0 radical (unpaired) electrons. The summed E-state index contributed by atoms with van der Waals surface area (Å²) in [5, 5.41) is 11.9. The molecule has 0 saturated heterocycles. The summed E-state index contributed by atoms with van der Waals surface area (Å²) in [5.41, 5.74) is 0. The zero-order chi connectivity index (χ0) is 10.9. The Morgan fingerprint density at radius 1 is 1.40 bits per heavy atom. The van der Waals surface area contributed by atoms with Gasteiger partial charge in [-0.3, -0.25) is 0 Å². The van der Waals surface area contributed by atoms with Gasteiger partial charge in [0, 0.05) is 5.75 Å². The predicted molar refractivity (Wildman–Crippen MR) is 64.0 cm³/mol. The Balaban J connectivity index is 2.23. The number of aliphatic hydroxyl groups excluding tert-OH is 1. The molecule has 0 aromatic carbocycles. The quantitative estimate of drug-likeness (QED) is 0.669. The summed E-state index contributed by atoms with van der Waals surface area (Å²) >= 11 is 1.68. The fraction of sp³-hybridized carbons (Fsp3) is 0.636. The number of furan rings is 1. The molecular formula is C11H19NO2S. The molecule has 1 aromatic heterocycles. The number of thioether (sulfide) groups is 1. The van der Waals surface area contributed by atoms with Gasteiger partial charge in [-0.1, -0.05) is 6.92 Å². The summed E-state index contributed by atoms with van der Waals surface area (Å²) in [5.74, 6) is 3.59. The minimum absolute atomic E-state index is 0.232. The molecule has 0 atom stereocenters. The molecule has 0 fully saturated rings. The van der Waals surface area contributed by atoms with Crippen LogP contribution in [0.3, 0.4) is 0 Å². The maximum Gasteiger partial charge on any atom is 0.117 e. The average molecular weight is 229 g/mol. The normalized spacial score (nSPS) is 10.8. The molecule has 1 aromatic rings. The molecule has 1 rings (SSSR count). The van der Waals surface area contributed by atoms with Gasteiger partial charge < -0.3 is 14.8 Å². The SMILES string of the molecule is CCCNCc1ccc(CSCCO)o1. The lowest BCUT2D eigenvalue weighted by Crippen LogP contribution is -2.12. The van der Waals surface area contributed by atoms with Crippen LogP contribution >= 0.6 is 11.8 Å². The third-order valence-corrected chi connectivity index (χ3v) is 2.88. The van der Waals surface area contributed by atoms with Gasteiger partial charge in [-0.2, -0.15) is 11.8 Å². The first kappa shape index (κ1) is 12.6. The fourth-order valence-electron chi connectivity index (χ4n) is 1.22. The molecule has 0 aliphatic heterocycles. The van der Waals surface area contributed by atoms with Gasteiger partial charge in [0.1, 0.15) is 11.5 Å². The van der Waals surface area contributed by atoms with E-state index in [-0.39, 0.29) is 6.61 Å². The molecule has 4 heteroatoms. The van der Waals surface area contributed by atoms with Gasteiger partial charge in [0.15, 0.2) is 0 Å². The Morgan fingerprint density at radius 2 is 2.20 bits per heavy atom. The maximum absolute atomic E-state index is 8.63. The van der Waals surface area contributed by atoms with E-state index in [1.165, 1.54) is 0 Å². The topological polar surface area (TPSA) is 45.4 Å². The minimum Gasteiger partial charge on any atom is -0.464 e. The lowest BCUT2D eigenvalue weighted by molar-refractivity contribution is 0.322. The van der Waals surface area contributed by atoms with Gasteiger partial charge in [0.05, 0.1) is 18.9 Å². The van der Waals surface area contributed by atoms with Gasteiger partial charge in [-0.15, -0.1) is 0 Å². The number of hydrogen-bond acceptors (Lipinski definition) is 4. The molecule has 0 aliphatic carbocycles. The van der Waals surface area contributed by atoms with E-state index >= 15 is 0 Å². The van der Waals surface area contributed by atoms with Gasteiger partial charge in [0.2, 0.25) is 0 Å². The van der Waals surface area contributed by atoms with Crippen molar-refractivity contribution in [2.24, 2.45) is 0 Å². The Kier molecular flexibility index (Phi) is 6.55. The summed E-state index contributed by atoms with van der Waals surface area (Å²) in [4.78, 5) is 0. The highest BCUT2D eigenvalue weighted by Crippen LogP contribution is 2.14. The molecule has 0 amide bonds. The smallest absolute Gasteiger partial charge is 0.117 e. The van der Waals surface area contributed by atoms with Crippen molar-refractivity contribution < 1.29 is 9.52 Å². The van der Waals surface area contributed by atoms with E-state index in [1.807, 2.05) is 12.1 Å². The number of hydrogen-bond donors (Lipinski definition) is 2. The largest absolute Gasteiger partial charge is 0.464 e. The summed E-state index contributed by atoms with van der Waals surface area (Å²) in [6.45, 7) is 4.20. The van der Waals surface area contributed by atoms with Crippen LogP contribution in [0.25, 0.3) is 0 Å². The Labute approximate surface area is 95.2 Å². The van der Waals surface area contributed by atoms with Crippen LogP contribution in [0, 0.1) is 0 Å². The first-order valence-electron chi connectivity index (χ1n) is 5.33. The third-order valence-electron chi connectivity index (χ3n) is 1.92. The maximum atomic E-state index is 8.63. The van der Waals surface area contributed by atoms with Crippen molar-refractivity contribution >= 4 is 11.8 Å². The third kappa shape index (κ3) is 5.25. The first-order valence-corrected chi connectivity index (χ1v) is 6.49. The van der Waals surface area contributed by atoms with Gasteiger partial charge in [0.25, 0.3) is 0 Å². The van der Waals surface area contributed by atoms with E-state index in [9.17, 15) is 0 Å². The minimum atomic E-state index is 0.232. The summed E-state index contributed by atoms with van der Waals surface area (Å²) in [6, 6.07) is 4.02. The van der Waals surface area contributed by atoms with Crippen molar-refractivity contribution in [2.75, 3.05) is 18.9 Å². The van der Waals surface area contributed by atoms with Crippen molar-refractivity contribution in [2.45, 2.75) is 25.6 Å². The van der Waals surface area contributed by atoms with Gasteiger partial charge in [-0.25, -0.2) is 0 Å². The van der Waals surface area contributed by atoms with E-state index in [1.54, 1.807) is 11.8 Å². The van der Waals surface area contributed by atoms with E-state index in [0.717, 1.165) is 42.5 Å². The Bertz CT molecular complexity index is 238. The van der Waals surface area contributed by atoms with Crippen LogP contribution < -0.4 is 5.32 Å². The highest BCUT2D eigenvalue weighted by atomic mass is 32.2. The van der Waals surface area contributed by atoms with Crippen molar-refractivity contribution in [3.05, 3.63) is 23.7 Å². The van der Waals surface area contributed by atoms with Crippen molar-refractivity contribution in [3.63, 3.8) is 0 Å². The van der Waals surface area contributed by atoms with Crippen LogP contribution in [-0.2, 0) is 12.3 Å². The second-order valence-electron chi connectivity index (χ2n) is 3.32. The van der Waals surface area contributed by atoms with Crippen LogP contribution in [0.1, 0.15) is 24.9 Å². The molecule has 2 N–H and O–H groups in total. The lowest BCUT2D eigenvalue weighted by Gasteiger charge is -1.99. The second-order valence-corrected chi connectivity index (χ2v) is 4.43. The monoisotopic (exact) mass is 229 g/mol. The van der Waals surface area contributed by atoms with E-state index < -0.39 is 0 Å². The average Bonchev–Trinajstić information content (AvgIpc) is 2.67. The lowest BCUT2D eigenvalue weighted by atomic mass is 10.4. The zero-order valence-corrected chi connectivity index (χ0v) is 9.98. The summed E-state index contributed by atoms with van der Waals surface area (Å²) in [6.07, 6.45) is 1.14. The Hall–Kier alpha value is -0.450. The van der Waals surface area contributed by atoms with E-state index in [0.29, 0.717) is 0 Å². The number of rotatable bonds is 8. The first-order chi connectivity index (χ1) is 7.36. The standard InChI is InChI=1S/C11H19NO2S/c1-2-5-12-8-10-3-4-11(14-10)9-15-7-6-13/h3-4,12-13H,2,5-9H2,1H3. The van der Waals surface area contributed by atoms with Crippen LogP contribution in [-0.4, -0.2) is 24.0 Å². The van der Waals surface area contributed by atoms with Crippen LogP contribution in [0.15, 0.2) is 16.5 Å². The van der Waals surface area contributed by atoms with E-state index in [4.69, 9.17) is 9.52 Å². The van der Waals surface area contributed by atoms with Gasteiger partial charge >= 0.3 is 0 Å². The molecule has 1 heterocycles. The van der Waals surface area contributed by atoms with Crippen LogP contribution in [0.4, 0.5) is 0 Å². The second kappa shape index (κ2) is 7.79. The predicted octanol–water partition coefficient (Wildman–Crippen LogP) is 2.00. The van der Waals surface area contributed by atoms with Crippen LogP contribution in [0.5, 0.6) is 0 Å². The molecule has 86 valence electrons. The molecule has 0 aliphatic rings. The molecule has 0 saturated carbocycles. The van der Waals surface area contributed by atoms with E-state index in [2.05, 4.69) is 12.2 Å². The molecule has 15 heavy (non-hydrogen) atoms. The van der Waals surface area contributed by atoms with Crippen molar-refractivity contribution in [1.29, 1.82) is 0 Å². The molecule has 0 spiro atoms. The molecule has 3 nitrogen and oxygen atoms in total. The van der Waals surface area contributed by atoms with Crippen molar-refractivity contribution in [3.8, 4) is 0 Å². The van der Waals surface area contributed by atoms with Gasteiger partial charge in [-0.05, 0) is 25.1 Å².